The molecule has 7 heteroatoms. The lowest BCUT2D eigenvalue weighted by Gasteiger charge is -2.12. The summed E-state index contributed by atoms with van der Waals surface area (Å²) in [5.74, 6) is 1.60. The first-order chi connectivity index (χ1) is 13.0. The van der Waals surface area contributed by atoms with Crippen molar-refractivity contribution in [1.82, 2.24) is 9.78 Å². The normalized spacial score (nSPS) is 13.3. The van der Waals surface area contributed by atoms with E-state index < -0.39 is 5.97 Å². The van der Waals surface area contributed by atoms with Crippen LogP contribution in [-0.4, -0.2) is 28.6 Å². The van der Waals surface area contributed by atoms with Gasteiger partial charge in [0.1, 0.15) is 5.75 Å². The van der Waals surface area contributed by atoms with E-state index in [1.807, 2.05) is 36.9 Å². The average molecular weight is 385 g/mol. The van der Waals surface area contributed by atoms with Gasteiger partial charge in [-0.3, -0.25) is 4.68 Å². The van der Waals surface area contributed by atoms with Crippen molar-refractivity contribution in [3.8, 4) is 17.6 Å². The maximum absolute atomic E-state index is 12.5. The zero-order chi connectivity index (χ0) is 19.6. The Kier molecular flexibility index (Phi) is 5.76. The number of nitrogens with zero attached hydrogens (tertiary/aromatic N) is 3. The van der Waals surface area contributed by atoms with Crippen LogP contribution in [-0.2, 0) is 10.6 Å². The molecule has 3 rings (SSSR count). The van der Waals surface area contributed by atoms with Crippen molar-refractivity contribution >= 4 is 17.7 Å². The minimum absolute atomic E-state index is 0.215. The lowest BCUT2D eigenvalue weighted by atomic mass is 10.0. The van der Waals surface area contributed by atoms with Gasteiger partial charge in [-0.25, -0.2) is 4.79 Å². The molecule has 1 aromatic heterocycles. The van der Waals surface area contributed by atoms with Crippen LogP contribution in [0.15, 0.2) is 12.1 Å². The van der Waals surface area contributed by atoms with Crippen LogP contribution in [0.3, 0.4) is 0 Å². The van der Waals surface area contributed by atoms with Gasteiger partial charge in [-0.2, -0.15) is 10.4 Å². The molecular formula is C20H23N3O3S. The van der Waals surface area contributed by atoms with Gasteiger partial charge in [0.2, 0.25) is 5.69 Å². The summed E-state index contributed by atoms with van der Waals surface area (Å²) in [5, 5.41) is 13.8. The molecule has 0 aliphatic heterocycles. The molecule has 1 fully saturated rings. The number of aryl methyl sites for hydroxylation is 2. The van der Waals surface area contributed by atoms with Crippen LogP contribution in [0.1, 0.15) is 58.6 Å². The van der Waals surface area contributed by atoms with Crippen molar-refractivity contribution in [2.24, 2.45) is 0 Å². The predicted octanol–water partition coefficient (Wildman–Crippen LogP) is 4.54. The average Bonchev–Trinajstić information content (AvgIpc) is 3.38. The predicted molar refractivity (Wildman–Crippen MR) is 104 cm³/mol. The SMILES string of the molecule is CCOC(=O)c1nn(CSC)c(C2CC2)c1Oc1cc(C)c(C#N)c(C)c1. The molecule has 2 aromatic rings. The molecule has 0 radical (unpaired) electrons. The number of carbonyl (C=O) groups is 1. The number of ether oxygens (including phenoxy) is 2. The van der Waals surface area contributed by atoms with E-state index in [4.69, 9.17) is 9.47 Å². The lowest BCUT2D eigenvalue weighted by Crippen LogP contribution is -2.08. The molecule has 27 heavy (non-hydrogen) atoms. The van der Waals surface area contributed by atoms with E-state index >= 15 is 0 Å². The number of nitriles is 1. The van der Waals surface area contributed by atoms with Crippen LogP contribution in [0.25, 0.3) is 0 Å². The number of carbonyl (C=O) groups excluding carboxylic acids is 1. The summed E-state index contributed by atoms with van der Waals surface area (Å²) in [7, 11) is 0. The number of rotatable bonds is 7. The molecule has 0 bridgehead atoms. The summed E-state index contributed by atoms with van der Waals surface area (Å²) < 4.78 is 13.2. The number of thioether (sulfide) groups is 1. The van der Waals surface area contributed by atoms with Crippen molar-refractivity contribution in [3.63, 3.8) is 0 Å². The molecule has 1 aromatic carbocycles. The summed E-state index contributed by atoms with van der Waals surface area (Å²) in [6, 6.07) is 5.86. The van der Waals surface area contributed by atoms with Crippen LogP contribution in [0, 0.1) is 25.2 Å². The summed E-state index contributed by atoms with van der Waals surface area (Å²) in [6.07, 6.45) is 4.12. The molecule has 142 valence electrons. The standard InChI is InChI=1S/C20H23N3O3S/c1-5-25-20(24)17-19(18(14-6-7-14)23(22-17)11-27-4)26-15-8-12(2)16(10-21)13(3)9-15/h8-9,14H,5-7,11H2,1-4H3. The first kappa shape index (κ1) is 19.3. The highest BCUT2D eigenvalue weighted by Crippen LogP contribution is 2.47. The topological polar surface area (TPSA) is 77.1 Å². The van der Waals surface area contributed by atoms with Crippen molar-refractivity contribution < 1.29 is 14.3 Å². The zero-order valence-electron chi connectivity index (χ0n) is 16.0. The molecule has 0 unspecified atom stereocenters. The van der Waals surface area contributed by atoms with Crippen LogP contribution < -0.4 is 4.74 Å². The van der Waals surface area contributed by atoms with Gasteiger partial charge in [0.15, 0.2) is 5.75 Å². The highest BCUT2D eigenvalue weighted by Gasteiger charge is 2.36. The lowest BCUT2D eigenvalue weighted by molar-refractivity contribution is 0.0516. The Hall–Kier alpha value is -2.46. The zero-order valence-corrected chi connectivity index (χ0v) is 16.9. The van der Waals surface area contributed by atoms with Crippen molar-refractivity contribution in [2.75, 3.05) is 12.9 Å². The van der Waals surface area contributed by atoms with Gasteiger partial charge in [0.05, 0.1) is 29.8 Å². The molecule has 1 saturated carbocycles. The fraction of sp³-hybridized carbons (Fsp3) is 0.450. The Labute approximate surface area is 163 Å². The third-order valence-electron chi connectivity index (χ3n) is 4.47. The second kappa shape index (κ2) is 8.05. The number of esters is 1. The number of hydrogen-bond acceptors (Lipinski definition) is 6. The van der Waals surface area contributed by atoms with Gasteiger partial charge in [0, 0.05) is 5.92 Å². The molecule has 1 aliphatic rings. The monoisotopic (exact) mass is 385 g/mol. The summed E-state index contributed by atoms with van der Waals surface area (Å²) in [5.41, 5.74) is 3.50. The molecule has 0 atom stereocenters. The number of aromatic nitrogens is 2. The van der Waals surface area contributed by atoms with E-state index in [1.165, 1.54) is 0 Å². The van der Waals surface area contributed by atoms with Gasteiger partial charge in [-0.15, -0.1) is 11.8 Å². The summed E-state index contributed by atoms with van der Waals surface area (Å²) >= 11 is 1.63. The Balaban J connectivity index is 2.07. The van der Waals surface area contributed by atoms with Crippen LogP contribution in [0.4, 0.5) is 0 Å². The number of benzene rings is 1. The minimum atomic E-state index is -0.476. The van der Waals surface area contributed by atoms with Crippen LogP contribution in [0.5, 0.6) is 11.5 Å². The molecule has 6 nitrogen and oxygen atoms in total. The minimum Gasteiger partial charge on any atom is -0.461 e. The summed E-state index contributed by atoms with van der Waals surface area (Å²) in [4.78, 5) is 12.5. The third kappa shape index (κ3) is 3.96. The Morgan fingerprint density at radius 2 is 2.04 bits per heavy atom. The van der Waals surface area contributed by atoms with Crippen LogP contribution in [0.2, 0.25) is 0 Å². The molecule has 1 aliphatic carbocycles. The molecular weight excluding hydrogens is 362 g/mol. The van der Waals surface area contributed by atoms with E-state index in [1.54, 1.807) is 18.7 Å². The van der Waals surface area contributed by atoms with Crippen molar-refractivity contribution in [3.05, 3.63) is 40.2 Å². The smallest absolute Gasteiger partial charge is 0.362 e. The fourth-order valence-electron chi connectivity index (χ4n) is 3.14. The fourth-order valence-corrected chi connectivity index (χ4v) is 3.58. The van der Waals surface area contributed by atoms with E-state index in [0.717, 1.165) is 29.7 Å². The van der Waals surface area contributed by atoms with Gasteiger partial charge >= 0.3 is 5.97 Å². The maximum Gasteiger partial charge on any atom is 0.362 e. The maximum atomic E-state index is 12.5. The highest BCUT2D eigenvalue weighted by molar-refractivity contribution is 7.97. The summed E-state index contributed by atoms with van der Waals surface area (Å²) in [6.45, 7) is 5.81. The largest absolute Gasteiger partial charge is 0.461 e. The molecule has 1 heterocycles. The molecule has 0 spiro atoms. The quantitative estimate of drug-likeness (QED) is 0.651. The van der Waals surface area contributed by atoms with Gasteiger partial charge < -0.3 is 9.47 Å². The first-order valence-electron chi connectivity index (χ1n) is 8.96. The molecule has 0 amide bonds. The molecule has 0 N–H and O–H groups in total. The van der Waals surface area contributed by atoms with E-state index in [2.05, 4.69) is 11.2 Å². The van der Waals surface area contributed by atoms with Gasteiger partial charge in [-0.05, 0) is 63.1 Å². The second-order valence-electron chi connectivity index (χ2n) is 6.62. The van der Waals surface area contributed by atoms with E-state index in [0.29, 0.717) is 28.9 Å². The third-order valence-corrected chi connectivity index (χ3v) is 4.97. The van der Waals surface area contributed by atoms with Gasteiger partial charge in [0.25, 0.3) is 0 Å². The van der Waals surface area contributed by atoms with Gasteiger partial charge in [-0.1, -0.05) is 0 Å². The van der Waals surface area contributed by atoms with Crippen LogP contribution >= 0.6 is 11.8 Å². The molecule has 0 saturated heterocycles. The Morgan fingerprint density at radius 3 is 2.56 bits per heavy atom. The second-order valence-corrected chi connectivity index (χ2v) is 7.46. The first-order valence-corrected chi connectivity index (χ1v) is 10.3. The van der Waals surface area contributed by atoms with Crippen molar-refractivity contribution in [1.29, 1.82) is 5.26 Å². The van der Waals surface area contributed by atoms with E-state index in [-0.39, 0.29) is 12.3 Å². The number of hydrogen-bond donors (Lipinski definition) is 0. The Bertz CT molecular complexity index is 887. The van der Waals surface area contributed by atoms with E-state index in [9.17, 15) is 10.1 Å². The Morgan fingerprint density at radius 1 is 1.37 bits per heavy atom. The highest BCUT2D eigenvalue weighted by atomic mass is 32.2. The van der Waals surface area contributed by atoms with Crippen molar-refractivity contribution in [2.45, 2.75) is 45.4 Å².